The monoisotopic (exact) mass is 500 g/mol. The molecule has 144 valence electrons. The van der Waals surface area contributed by atoms with E-state index in [1.54, 1.807) is 13.1 Å². The van der Waals surface area contributed by atoms with Gasteiger partial charge >= 0.3 is 0 Å². The summed E-state index contributed by atoms with van der Waals surface area (Å²) in [5.74, 6) is 0.783. The molecular weight excluding hydrogens is 470 g/mol. The van der Waals surface area contributed by atoms with E-state index < -0.39 is 0 Å². The van der Waals surface area contributed by atoms with E-state index in [9.17, 15) is 0 Å². The minimum absolute atomic E-state index is 0. The van der Waals surface area contributed by atoms with Gasteiger partial charge in [-0.3, -0.25) is 4.99 Å². The lowest BCUT2D eigenvalue weighted by Crippen LogP contribution is -2.39. The molecule has 0 saturated carbocycles. The smallest absolute Gasteiger partial charge is 0.191 e. The molecule has 0 aliphatic carbocycles. The molecule has 0 aliphatic heterocycles. The Morgan fingerprint density at radius 2 is 1.88 bits per heavy atom. The number of nitrogens with zero attached hydrogens (tertiary/aromatic N) is 2. The Bertz CT molecular complexity index is 538. The Labute approximate surface area is 179 Å². The summed E-state index contributed by atoms with van der Waals surface area (Å²) in [5.41, 5.74) is 1.00. The Balaban J connectivity index is 0.00000576. The molecule has 4 nitrogen and oxygen atoms in total. The third-order valence-electron chi connectivity index (χ3n) is 4.12. The lowest BCUT2D eigenvalue weighted by atomic mass is 10.1. The van der Waals surface area contributed by atoms with E-state index in [-0.39, 0.29) is 30.0 Å². The summed E-state index contributed by atoms with van der Waals surface area (Å²) >= 11 is 12.2. The van der Waals surface area contributed by atoms with Crippen LogP contribution in [-0.2, 0) is 0 Å². The van der Waals surface area contributed by atoms with Gasteiger partial charge in [0, 0.05) is 29.7 Å². The molecular formula is C18H31Cl2IN4. The Hall–Kier alpha value is -0.240. The highest BCUT2D eigenvalue weighted by Gasteiger charge is 2.11. The van der Waals surface area contributed by atoms with Crippen molar-refractivity contribution in [2.24, 2.45) is 4.99 Å². The van der Waals surface area contributed by atoms with Crippen molar-refractivity contribution >= 4 is 53.1 Å². The first kappa shape index (κ1) is 24.8. The van der Waals surface area contributed by atoms with Gasteiger partial charge in [0.1, 0.15) is 0 Å². The molecule has 0 fully saturated rings. The number of halogens is 3. The molecule has 2 N–H and O–H groups in total. The van der Waals surface area contributed by atoms with Crippen LogP contribution in [-0.4, -0.2) is 44.1 Å². The Kier molecular flexibility index (Phi) is 12.9. The second kappa shape index (κ2) is 13.0. The maximum atomic E-state index is 6.26. The average Bonchev–Trinajstić information content (AvgIpc) is 2.52. The van der Waals surface area contributed by atoms with Crippen LogP contribution in [0.2, 0.25) is 10.0 Å². The molecule has 0 aromatic heterocycles. The van der Waals surface area contributed by atoms with Gasteiger partial charge in [-0.25, -0.2) is 0 Å². The average molecular weight is 501 g/mol. The van der Waals surface area contributed by atoms with Crippen molar-refractivity contribution in [1.82, 2.24) is 15.5 Å². The van der Waals surface area contributed by atoms with E-state index in [0.29, 0.717) is 16.1 Å². The van der Waals surface area contributed by atoms with Crippen molar-refractivity contribution in [1.29, 1.82) is 0 Å². The maximum absolute atomic E-state index is 6.26. The fraction of sp³-hybridized carbons (Fsp3) is 0.611. The van der Waals surface area contributed by atoms with Crippen LogP contribution < -0.4 is 10.6 Å². The molecule has 1 aromatic carbocycles. The molecule has 0 saturated heterocycles. The summed E-state index contributed by atoms with van der Waals surface area (Å²) in [7, 11) is 3.94. The first-order valence-electron chi connectivity index (χ1n) is 8.47. The minimum atomic E-state index is 0. The predicted octanol–water partition coefficient (Wildman–Crippen LogP) is 4.96. The van der Waals surface area contributed by atoms with E-state index in [1.807, 2.05) is 12.1 Å². The molecule has 25 heavy (non-hydrogen) atoms. The van der Waals surface area contributed by atoms with E-state index >= 15 is 0 Å². The first-order chi connectivity index (χ1) is 11.3. The van der Waals surface area contributed by atoms with Gasteiger partial charge in [0.15, 0.2) is 5.96 Å². The van der Waals surface area contributed by atoms with Crippen LogP contribution in [0.5, 0.6) is 0 Å². The molecule has 0 heterocycles. The molecule has 1 aromatic rings. The Morgan fingerprint density at radius 1 is 1.20 bits per heavy atom. The molecule has 0 aliphatic rings. The summed E-state index contributed by atoms with van der Waals surface area (Å²) in [4.78, 5) is 6.64. The van der Waals surface area contributed by atoms with E-state index in [1.165, 1.54) is 0 Å². The number of aliphatic imine (C=N–C) groups is 1. The van der Waals surface area contributed by atoms with Crippen molar-refractivity contribution in [3.8, 4) is 0 Å². The first-order valence-corrected chi connectivity index (χ1v) is 9.23. The third-order valence-corrected chi connectivity index (χ3v) is 4.68. The molecule has 0 bridgehead atoms. The van der Waals surface area contributed by atoms with Crippen molar-refractivity contribution in [2.75, 3.05) is 27.2 Å². The SMILES string of the molecule is CN=C(NCCCCN(C)C(C)C)NC(C)c1ccc(Cl)cc1Cl.I. The van der Waals surface area contributed by atoms with Gasteiger partial charge in [-0.1, -0.05) is 29.3 Å². The number of nitrogens with one attached hydrogen (secondary N) is 2. The quantitative estimate of drug-likeness (QED) is 0.229. The zero-order valence-corrected chi connectivity index (χ0v) is 19.6. The lowest BCUT2D eigenvalue weighted by Gasteiger charge is -2.21. The topological polar surface area (TPSA) is 39.7 Å². The normalized spacial score (nSPS) is 12.9. The van der Waals surface area contributed by atoms with Gasteiger partial charge in [-0.05, 0) is 64.9 Å². The van der Waals surface area contributed by atoms with Gasteiger partial charge in [0.25, 0.3) is 0 Å². The molecule has 1 unspecified atom stereocenters. The molecule has 1 atom stereocenters. The summed E-state index contributed by atoms with van der Waals surface area (Å²) < 4.78 is 0. The van der Waals surface area contributed by atoms with Gasteiger partial charge in [0.05, 0.1) is 6.04 Å². The molecule has 0 spiro atoms. The summed E-state index contributed by atoms with van der Waals surface area (Å²) in [6, 6.07) is 6.20. The molecule has 1 rings (SSSR count). The highest BCUT2D eigenvalue weighted by atomic mass is 127. The largest absolute Gasteiger partial charge is 0.356 e. The van der Waals surface area contributed by atoms with Crippen molar-refractivity contribution in [3.63, 3.8) is 0 Å². The standard InChI is InChI=1S/C18H30Cl2N4.HI/c1-13(2)24(5)11-7-6-10-22-18(21-4)23-14(3)16-9-8-15(19)12-17(16)20;/h8-9,12-14H,6-7,10-11H2,1-5H3,(H2,21,22,23);1H. The van der Waals surface area contributed by atoms with Crippen LogP contribution >= 0.6 is 47.2 Å². The van der Waals surface area contributed by atoms with Crippen LogP contribution in [0.15, 0.2) is 23.2 Å². The van der Waals surface area contributed by atoms with Gasteiger partial charge < -0.3 is 15.5 Å². The van der Waals surface area contributed by atoms with Gasteiger partial charge in [0.2, 0.25) is 0 Å². The number of hydrogen-bond acceptors (Lipinski definition) is 2. The zero-order chi connectivity index (χ0) is 18.1. The lowest BCUT2D eigenvalue weighted by molar-refractivity contribution is 0.268. The summed E-state index contributed by atoms with van der Waals surface area (Å²) in [6.45, 7) is 8.50. The van der Waals surface area contributed by atoms with Crippen molar-refractivity contribution in [3.05, 3.63) is 33.8 Å². The number of unbranched alkanes of at least 4 members (excludes halogenated alkanes) is 1. The van der Waals surface area contributed by atoms with Crippen LogP contribution in [0.1, 0.15) is 45.2 Å². The summed E-state index contributed by atoms with van der Waals surface area (Å²) in [5, 5.41) is 8.02. The van der Waals surface area contributed by atoms with Crippen LogP contribution in [0, 0.1) is 0 Å². The molecule has 7 heteroatoms. The minimum Gasteiger partial charge on any atom is -0.356 e. The van der Waals surface area contributed by atoms with E-state index in [4.69, 9.17) is 23.2 Å². The fourth-order valence-corrected chi connectivity index (χ4v) is 2.85. The number of hydrogen-bond donors (Lipinski definition) is 2. The van der Waals surface area contributed by atoms with Crippen molar-refractivity contribution < 1.29 is 0 Å². The fourth-order valence-electron chi connectivity index (χ4n) is 2.28. The third kappa shape index (κ3) is 9.31. The molecule has 0 radical (unpaired) electrons. The zero-order valence-electron chi connectivity index (χ0n) is 15.8. The molecule has 0 amide bonds. The maximum Gasteiger partial charge on any atom is 0.191 e. The Morgan fingerprint density at radius 3 is 2.44 bits per heavy atom. The van der Waals surface area contributed by atoms with Crippen LogP contribution in [0.3, 0.4) is 0 Å². The second-order valence-corrected chi connectivity index (χ2v) is 7.16. The second-order valence-electron chi connectivity index (χ2n) is 6.31. The van der Waals surface area contributed by atoms with Crippen LogP contribution in [0.25, 0.3) is 0 Å². The number of rotatable bonds is 8. The van der Waals surface area contributed by atoms with Gasteiger partial charge in [-0.2, -0.15) is 0 Å². The number of guanidine groups is 1. The highest BCUT2D eigenvalue weighted by Crippen LogP contribution is 2.25. The summed E-state index contributed by atoms with van der Waals surface area (Å²) in [6.07, 6.45) is 2.27. The van der Waals surface area contributed by atoms with Gasteiger partial charge in [-0.15, -0.1) is 24.0 Å². The number of benzene rings is 1. The van der Waals surface area contributed by atoms with Crippen LogP contribution in [0.4, 0.5) is 0 Å². The predicted molar refractivity (Wildman–Crippen MR) is 122 cm³/mol. The highest BCUT2D eigenvalue weighted by molar-refractivity contribution is 14.0. The van der Waals surface area contributed by atoms with Crippen molar-refractivity contribution in [2.45, 2.75) is 45.7 Å². The van der Waals surface area contributed by atoms with E-state index in [0.717, 1.165) is 37.5 Å². The van der Waals surface area contributed by atoms with E-state index in [2.05, 4.69) is 48.3 Å².